The van der Waals surface area contributed by atoms with Crippen LogP contribution < -0.4 is 5.19 Å². The summed E-state index contributed by atoms with van der Waals surface area (Å²) in [4.78, 5) is 0. The average Bonchev–Trinajstić information content (AvgIpc) is 3.14. The van der Waals surface area contributed by atoms with Crippen molar-refractivity contribution in [2.24, 2.45) is 5.92 Å². The minimum atomic E-state index is 0. The molecule has 0 amide bonds. The van der Waals surface area contributed by atoms with Crippen molar-refractivity contribution in [1.29, 1.82) is 0 Å². The number of rotatable bonds is 1. The second-order valence-electron chi connectivity index (χ2n) is 10.1. The maximum Gasteiger partial charge on any atom is 3.00 e. The van der Waals surface area contributed by atoms with Crippen LogP contribution in [0.15, 0.2) is 108 Å². The van der Waals surface area contributed by atoms with Crippen molar-refractivity contribution in [3.63, 3.8) is 0 Å². The van der Waals surface area contributed by atoms with Gasteiger partial charge in [-0.25, -0.2) is 5.57 Å². The fourth-order valence-corrected chi connectivity index (χ4v) is 4.63. The Kier molecular flexibility index (Phi) is 20.7. The predicted octanol–water partition coefficient (Wildman–Crippen LogP) is 9.62. The third-order valence-electron chi connectivity index (χ3n) is 7.07. The Morgan fingerprint density at radius 3 is 1.33 bits per heavy atom. The van der Waals surface area contributed by atoms with Crippen LogP contribution in [0.2, 0.25) is 0 Å². The molecule has 5 rings (SSSR count). The Morgan fingerprint density at radius 1 is 0.667 bits per heavy atom. The summed E-state index contributed by atoms with van der Waals surface area (Å²) in [5, 5.41) is 1.35. The third-order valence-corrected chi connectivity index (χ3v) is 7.54. The molecule has 1 saturated carbocycles. The first-order chi connectivity index (χ1) is 17.9. The molecule has 2 aliphatic rings. The van der Waals surface area contributed by atoms with Crippen LogP contribution >= 0.6 is 0 Å². The van der Waals surface area contributed by atoms with E-state index >= 15 is 0 Å². The van der Waals surface area contributed by atoms with Crippen molar-refractivity contribution in [1.82, 2.24) is 0 Å². The van der Waals surface area contributed by atoms with E-state index in [1.54, 1.807) is 0 Å². The summed E-state index contributed by atoms with van der Waals surface area (Å²) < 4.78 is 0. The van der Waals surface area contributed by atoms with Crippen molar-refractivity contribution in [2.75, 3.05) is 0 Å². The van der Waals surface area contributed by atoms with Gasteiger partial charge in [-0.2, -0.15) is 11.1 Å². The van der Waals surface area contributed by atoms with E-state index in [1.807, 2.05) is 40.6 Å². The summed E-state index contributed by atoms with van der Waals surface area (Å²) in [5.74, 6) is 0.560. The minimum Gasteiger partial charge on any atom is -0.675 e. The Morgan fingerprint density at radius 2 is 1.05 bits per heavy atom. The largest absolute Gasteiger partial charge is 3.00 e. The van der Waals surface area contributed by atoms with Crippen LogP contribution in [0.5, 0.6) is 0 Å². The van der Waals surface area contributed by atoms with Crippen LogP contribution in [0.4, 0.5) is 0 Å². The van der Waals surface area contributed by atoms with E-state index < -0.39 is 0 Å². The Labute approximate surface area is 258 Å². The summed E-state index contributed by atoms with van der Waals surface area (Å²) >= 11 is 0. The van der Waals surface area contributed by atoms with Gasteiger partial charge in [0.2, 0.25) is 0 Å². The van der Waals surface area contributed by atoms with Crippen molar-refractivity contribution in [2.45, 2.75) is 78.7 Å². The molecule has 2 aliphatic carbocycles. The summed E-state index contributed by atoms with van der Waals surface area (Å²) in [6, 6.07) is 31.4. The zero-order valence-corrected chi connectivity index (χ0v) is 27.9. The fraction of sp³-hybridized carbons (Fsp3) is 0.361. The molecule has 0 spiro atoms. The van der Waals surface area contributed by atoms with Crippen molar-refractivity contribution in [3.8, 4) is 11.1 Å². The SMILES string of the molecule is CC1=[C-]C(C)C(C)=C1C.[CH3-].[NH-]C1CCCCCCC1.[SiH2]c1ccccc1.[Ti+3].c1ccc(-c2ccccc2)cc1. The van der Waals surface area contributed by atoms with E-state index in [1.165, 1.54) is 65.1 Å². The van der Waals surface area contributed by atoms with Gasteiger partial charge >= 0.3 is 21.7 Å². The topological polar surface area (TPSA) is 23.8 Å². The Bertz CT molecular complexity index is 1020. The maximum atomic E-state index is 7.51. The van der Waals surface area contributed by atoms with Gasteiger partial charge in [-0.3, -0.25) is 6.08 Å². The van der Waals surface area contributed by atoms with Crippen LogP contribution in [-0.2, 0) is 21.7 Å². The van der Waals surface area contributed by atoms with Gasteiger partial charge in [-0.15, -0.1) is 13.0 Å². The number of allylic oxidation sites excluding steroid dienone is 4. The molecule has 3 aromatic carbocycles. The number of benzene rings is 3. The fourth-order valence-electron chi connectivity index (χ4n) is 4.36. The molecule has 206 valence electrons. The molecule has 2 radical (unpaired) electrons. The van der Waals surface area contributed by atoms with Crippen LogP contribution in [0, 0.1) is 19.4 Å². The normalized spacial score (nSPS) is 16.6. The molecule has 1 unspecified atom stereocenters. The Hall–Kier alpha value is -1.97. The van der Waals surface area contributed by atoms with Crippen LogP contribution in [-0.4, -0.2) is 16.3 Å². The molecule has 0 bridgehead atoms. The number of hydrogen-bond donors (Lipinski definition) is 0. The molecule has 1 N–H and O–H groups in total. The second kappa shape index (κ2) is 21.8. The molecule has 3 aromatic rings. The second-order valence-corrected chi connectivity index (χ2v) is 10.9. The predicted molar refractivity (Wildman–Crippen MR) is 173 cm³/mol. The summed E-state index contributed by atoms with van der Waals surface area (Å²) in [5.41, 5.74) is 14.3. The van der Waals surface area contributed by atoms with Gasteiger partial charge < -0.3 is 13.2 Å². The van der Waals surface area contributed by atoms with E-state index in [4.69, 9.17) is 5.73 Å². The molecule has 1 fully saturated rings. The number of nitrogens with one attached hydrogen (secondary N) is 1. The van der Waals surface area contributed by atoms with E-state index in [9.17, 15) is 0 Å². The van der Waals surface area contributed by atoms with E-state index in [0.717, 1.165) is 12.8 Å². The molecule has 0 aliphatic heterocycles. The molecule has 1 atom stereocenters. The molecular formula is C36H49NSiTi. The molecule has 39 heavy (non-hydrogen) atoms. The zero-order valence-electron chi connectivity index (χ0n) is 25.0. The smallest absolute Gasteiger partial charge is 0.675 e. The van der Waals surface area contributed by atoms with Gasteiger partial charge in [0, 0.05) is 10.2 Å². The quantitative estimate of drug-likeness (QED) is 0.205. The summed E-state index contributed by atoms with van der Waals surface area (Å²) in [7, 11) is 1.90. The third kappa shape index (κ3) is 15.4. The van der Waals surface area contributed by atoms with Crippen molar-refractivity contribution >= 4 is 15.4 Å². The molecular weight excluding hydrogens is 522 g/mol. The zero-order chi connectivity index (χ0) is 26.9. The maximum absolute atomic E-state index is 7.51. The molecule has 3 heteroatoms. The first kappa shape index (κ1) is 37.0. The molecule has 0 aromatic heterocycles. The molecule has 1 nitrogen and oxygen atoms in total. The summed E-state index contributed by atoms with van der Waals surface area (Å²) in [6.07, 6.45) is 12.4. The van der Waals surface area contributed by atoms with Gasteiger partial charge in [0.1, 0.15) is 0 Å². The molecule has 0 saturated heterocycles. The van der Waals surface area contributed by atoms with Gasteiger partial charge in [0.05, 0.1) is 0 Å². The Balaban J connectivity index is 0.000000494. The first-order valence-electron chi connectivity index (χ1n) is 13.8. The van der Waals surface area contributed by atoms with Crippen molar-refractivity contribution in [3.05, 3.63) is 127 Å². The minimum absolute atomic E-state index is 0. The summed E-state index contributed by atoms with van der Waals surface area (Å²) in [6.45, 7) is 8.67. The van der Waals surface area contributed by atoms with Crippen LogP contribution in [0.3, 0.4) is 0 Å². The van der Waals surface area contributed by atoms with E-state index in [-0.39, 0.29) is 35.2 Å². The standard InChI is InChI=1S/C12H10.C9H13.C8H16N.C6H7Si.CH3.Ti/c1-3-7-11(8-4-1)12-9-5-2-6-10-12;1-6-5-7(2)9(4)8(6)3;9-8-6-4-2-1-3-5-7-8;7-6-4-2-1-3-5-6;;/h1-10H;6H,1-4H3;8-9H,1-7H2;1-5H,7H2;1H3;/q;2*-1;;-1;+3. The monoisotopic (exact) mass is 571 g/mol. The van der Waals surface area contributed by atoms with Gasteiger partial charge in [-0.05, 0) is 11.1 Å². The van der Waals surface area contributed by atoms with E-state index in [2.05, 4.69) is 94.4 Å². The van der Waals surface area contributed by atoms with Gasteiger partial charge in [-0.1, -0.05) is 168 Å². The molecule has 0 heterocycles. The van der Waals surface area contributed by atoms with Crippen LogP contribution in [0.1, 0.15) is 72.6 Å². The van der Waals surface area contributed by atoms with E-state index in [0.29, 0.717) is 5.92 Å². The van der Waals surface area contributed by atoms with Gasteiger partial charge in [0.15, 0.2) is 0 Å². The number of hydrogen-bond acceptors (Lipinski definition) is 0. The average molecular weight is 572 g/mol. The van der Waals surface area contributed by atoms with Crippen LogP contribution in [0.25, 0.3) is 16.9 Å². The first-order valence-corrected chi connectivity index (χ1v) is 14.6. The van der Waals surface area contributed by atoms with Gasteiger partial charge in [0.25, 0.3) is 0 Å². The van der Waals surface area contributed by atoms with Crippen molar-refractivity contribution < 1.29 is 21.7 Å².